The van der Waals surface area contributed by atoms with E-state index in [-0.39, 0.29) is 0 Å². The summed E-state index contributed by atoms with van der Waals surface area (Å²) in [6.45, 7) is 2.59. The topological polar surface area (TPSA) is 18.5 Å². The number of ether oxygens (including phenoxy) is 2. The zero-order valence-electron chi connectivity index (χ0n) is 4.76. The molecule has 2 heteroatoms. The van der Waals surface area contributed by atoms with E-state index in [0.29, 0.717) is 6.61 Å². The first-order valence-corrected chi connectivity index (χ1v) is 2.47. The predicted octanol–water partition coefficient (Wildman–Crippen LogP) is 1.41. The number of hydrogen-bond donors (Lipinski definition) is 0. The lowest BCUT2D eigenvalue weighted by Gasteiger charge is -1.93. The summed E-state index contributed by atoms with van der Waals surface area (Å²) in [5.41, 5.74) is 1.09. The molecule has 0 aliphatic carbocycles. The summed E-state index contributed by atoms with van der Waals surface area (Å²) < 4.78 is 9.77. The van der Waals surface area contributed by atoms with E-state index in [1.54, 1.807) is 6.26 Å². The van der Waals surface area contributed by atoms with Crippen molar-refractivity contribution in [1.82, 2.24) is 0 Å². The van der Waals surface area contributed by atoms with Gasteiger partial charge in [0.25, 0.3) is 0 Å². The van der Waals surface area contributed by atoms with Gasteiger partial charge in [-0.25, -0.2) is 0 Å². The highest BCUT2D eigenvalue weighted by molar-refractivity contribution is 4.96. The van der Waals surface area contributed by atoms with Gasteiger partial charge in [0.2, 0.25) is 0 Å². The Morgan fingerprint density at radius 2 is 2.38 bits per heavy atom. The van der Waals surface area contributed by atoms with Crippen LogP contribution in [0.15, 0.2) is 24.4 Å². The molecular weight excluding hydrogens is 104 g/mol. The Morgan fingerprint density at radius 3 is 3.25 bits per heavy atom. The maximum absolute atomic E-state index is 4.93. The first-order chi connectivity index (χ1) is 3.89. The van der Waals surface area contributed by atoms with E-state index in [1.807, 2.05) is 6.92 Å². The minimum absolute atomic E-state index is 0.635. The van der Waals surface area contributed by atoms with Gasteiger partial charge in [-0.3, -0.25) is 0 Å². The minimum atomic E-state index is 0.635. The summed E-state index contributed by atoms with van der Waals surface area (Å²) in [4.78, 5) is 0. The summed E-state index contributed by atoms with van der Waals surface area (Å²) in [7, 11) is 0. The molecule has 0 aromatic rings. The van der Waals surface area contributed by atoms with Crippen LogP contribution >= 0.6 is 0 Å². The Morgan fingerprint density at radius 1 is 1.50 bits per heavy atom. The van der Waals surface area contributed by atoms with Crippen LogP contribution in [0.4, 0.5) is 0 Å². The first kappa shape index (κ1) is 5.22. The molecule has 0 fully saturated rings. The van der Waals surface area contributed by atoms with Gasteiger partial charge >= 0.3 is 0 Å². The quantitative estimate of drug-likeness (QED) is 0.471. The maximum atomic E-state index is 4.93. The van der Waals surface area contributed by atoms with Gasteiger partial charge in [0.1, 0.15) is 19.1 Å². The van der Waals surface area contributed by atoms with Crippen LogP contribution in [-0.4, -0.2) is 6.61 Å². The van der Waals surface area contributed by atoms with E-state index in [2.05, 4.69) is 0 Å². The van der Waals surface area contributed by atoms with Gasteiger partial charge in [-0.1, -0.05) is 0 Å². The summed E-state index contributed by atoms with van der Waals surface area (Å²) in [6, 6.07) is 0. The average Bonchev–Trinajstić information content (AvgIpc) is 1.94. The van der Waals surface area contributed by atoms with E-state index in [9.17, 15) is 0 Å². The third-order valence-corrected chi connectivity index (χ3v) is 0.811. The fourth-order valence-corrected chi connectivity index (χ4v) is 0.440. The molecule has 0 amide bonds. The molecular formula is C6H8O2. The predicted molar refractivity (Wildman–Crippen MR) is 29.9 cm³/mol. The van der Waals surface area contributed by atoms with Gasteiger partial charge in [-0.15, -0.1) is 0 Å². The molecule has 44 valence electrons. The molecule has 2 nitrogen and oxygen atoms in total. The molecule has 0 atom stereocenters. The van der Waals surface area contributed by atoms with Gasteiger partial charge < -0.3 is 9.47 Å². The SMILES string of the molecule is CC1=COC=COC1. The van der Waals surface area contributed by atoms with Crippen LogP contribution in [0.1, 0.15) is 6.92 Å². The molecule has 8 heavy (non-hydrogen) atoms. The maximum Gasteiger partial charge on any atom is 0.125 e. The zero-order valence-corrected chi connectivity index (χ0v) is 4.76. The van der Waals surface area contributed by atoms with Crippen molar-refractivity contribution in [3.05, 3.63) is 24.4 Å². The van der Waals surface area contributed by atoms with Crippen LogP contribution in [-0.2, 0) is 9.47 Å². The van der Waals surface area contributed by atoms with E-state index in [1.165, 1.54) is 12.5 Å². The van der Waals surface area contributed by atoms with Crippen molar-refractivity contribution in [3.8, 4) is 0 Å². The Bertz CT molecular complexity index is 124. The average molecular weight is 112 g/mol. The molecule has 0 aromatic carbocycles. The van der Waals surface area contributed by atoms with Crippen molar-refractivity contribution in [2.45, 2.75) is 6.92 Å². The standard InChI is InChI=1S/C6H8O2/c1-6-4-7-2-3-8-5-6/h2-4H,5H2,1H3. The molecule has 0 saturated carbocycles. The Balaban J connectivity index is 2.48. The van der Waals surface area contributed by atoms with Crippen LogP contribution in [0.25, 0.3) is 0 Å². The largest absolute Gasteiger partial charge is 0.494 e. The van der Waals surface area contributed by atoms with Crippen LogP contribution in [0, 0.1) is 0 Å². The van der Waals surface area contributed by atoms with Crippen LogP contribution < -0.4 is 0 Å². The molecule has 0 bridgehead atoms. The van der Waals surface area contributed by atoms with Gasteiger partial charge in [0, 0.05) is 0 Å². The van der Waals surface area contributed by atoms with E-state index >= 15 is 0 Å². The zero-order chi connectivity index (χ0) is 5.82. The highest BCUT2D eigenvalue weighted by Gasteiger charge is 1.89. The molecule has 0 aromatic heterocycles. The van der Waals surface area contributed by atoms with Crippen LogP contribution in [0.3, 0.4) is 0 Å². The van der Waals surface area contributed by atoms with Crippen molar-refractivity contribution in [2.75, 3.05) is 6.61 Å². The number of rotatable bonds is 0. The first-order valence-electron chi connectivity index (χ1n) is 2.47. The van der Waals surface area contributed by atoms with Crippen molar-refractivity contribution in [3.63, 3.8) is 0 Å². The van der Waals surface area contributed by atoms with Crippen molar-refractivity contribution in [1.29, 1.82) is 0 Å². The third kappa shape index (κ3) is 1.30. The van der Waals surface area contributed by atoms with E-state index in [4.69, 9.17) is 9.47 Å². The second-order valence-corrected chi connectivity index (χ2v) is 1.68. The molecule has 1 aliphatic rings. The Labute approximate surface area is 48.4 Å². The van der Waals surface area contributed by atoms with Crippen LogP contribution in [0.5, 0.6) is 0 Å². The van der Waals surface area contributed by atoms with Crippen molar-refractivity contribution < 1.29 is 9.47 Å². The van der Waals surface area contributed by atoms with E-state index < -0.39 is 0 Å². The molecule has 0 radical (unpaired) electrons. The second kappa shape index (κ2) is 2.40. The monoisotopic (exact) mass is 112 g/mol. The lowest BCUT2D eigenvalue weighted by Crippen LogP contribution is -1.85. The summed E-state index contributed by atoms with van der Waals surface area (Å²) in [6.07, 6.45) is 4.72. The molecule has 0 N–H and O–H groups in total. The third-order valence-electron chi connectivity index (χ3n) is 0.811. The van der Waals surface area contributed by atoms with Crippen molar-refractivity contribution in [2.24, 2.45) is 0 Å². The minimum Gasteiger partial charge on any atom is -0.494 e. The summed E-state index contributed by atoms with van der Waals surface area (Å²) in [5, 5.41) is 0. The fourth-order valence-electron chi connectivity index (χ4n) is 0.440. The van der Waals surface area contributed by atoms with Gasteiger partial charge in [-0.05, 0) is 12.5 Å². The van der Waals surface area contributed by atoms with Gasteiger partial charge in [-0.2, -0.15) is 0 Å². The fraction of sp³-hybridized carbons (Fsp3) is 0.333. The normalized spacial score (nSPS) is 17.9. The lowest BCUT2D eigenvalue weighted by atomic mass is 10.4. The van der Waals surface area contributed by atoms with E-state index in [0.717, 1.165) is 5.57 Å². The molecule has 1 aliphatic heterocycles. The summed E-state index contributed by atoms with van der Waals surface area (Å²) in [5.74, 6) is 0. The molecule has 0 spiro atoms. The van der Waals surface area contributed by atoms with Crippen LogP contribution in [0.2, 0.25) is 0 Å². The van der Waals surface area contributed by atoms with Crippen molar-refractivity contribution >= 4 is 0 Å². The molecule has 0 unspecified atom stereocenters. The lowest BCUT2D eigenvalue weighted by molar-refractivity contribution is 0.277. The Hall–Kier alpha value is -0.920. The second-order valence-electron chi connectivity index (χ2n) is 1.68. The Kier molecular flexibility index (Phi) is 1.57. The van der Waals surface area contributed by atoms with Gasteiger partial charge in [0.15, 0.2) is 0 Å². The highest BCUT2D eigenvalue weighted by atomic mass is 16.5. The highest BCUT2D eigenvalue weighted by Crippen LogP contribution is 1.98. The molecule has 1 rings (SSSR count). The molecule has 1 heterocycles. The number of hydrogen-bond acceptors (Lipinski definition) is 2. The smallest absolute Gasteiger partial charge is 0.125 e. The summed E-state index contributed by atoms with van der Waals surface area (Å²) >= 11 is 0. The van der Waals surface area contributed by atoms with Gasteiger partial charge in [0.05, 0.1) is 6.26 Å². The molecule has 0 saturated heterocycles.